The summed E-state index contributed by atoms with van der Waals surface area (Å²) in [7, 11) is -12.1. The topological polar surface area (TPSA) is 86.7 Å². The van der Waals surface area contributed by atoms with Gasteiger partial charge < -0.3 is 0 Å². The average Bonchev–Trinajstić information content (AvgIpc) is 2.54. The predicted molar refractivity (Wildman–Crippen MR) is 80.6 cm³/mol. The van der Waals surface area contributed by atoms with E-state index < -0.39 is 86.9 Å². The molecule has 1 atom stereocenters. The Balaban J connectivity index is 5.46. The van der Waals surface area contributed by atoms with Gasteiger partial charge in [0.05, 0.1) is 6.61 Å². The van der Waals surface area contributed by atoms with Gasteiger partial charge in [-0.3, -0.25) is 8.37 Å². The van der Waals surface area contributed by atoms with Crippen LogP contribution in [0.5, 0.6) is 0 Å². The first-order valence-corrected chi connectivity index (χ1v) is 11.1. The summed E-state index contributed by atoms with van der Waals surface area (Å²) < 4.78 is 229. The molecule has 0 aromatic heterocycles. The van der Waals surface area contributed by atoms with Gasteiger partial charge in [0.1, 0.15) is 17.6 Å². The van der Waals surface area contributed by atoms with Crippen molar-refractivity contribution in [1.29, 1.82) is 0 Å². The van der Waals surface area contributed by atoms with E-state index in [0.29, 0.717) is 0 Å². The van der Waals surface area contributed by atoms with Gasteiger partial charge in [-0.05, 0) is 6.42 Å². The lowest BCUT2D eigenvalue weighted by Gasteiger charge is -2.28. The Morgan fingerprint density at radius 1 is 0.618 bits per heavy atom. The summed E-state index contributed by atoms with van der Waals surface area (Å²) >= 11 is 0. The minimum Gasteiger partial charge on any atom is -0.267 e. The van der Waals surface area contributed by atoms with Crippen LogP contribution >= 0.6 is 0 Å². The zero-order valence-electron chi connectivity index (χ0n) is 16.0. The summed E-state index contributed by atoms with van der Waals surface area (Å²) in [6.45, 7) is -1.02. The van der Waals surface area contributed by atoms with Gasteiger partial charge in [-0.15, -0.1) is 0 Å². The summed E-state index contributed by atoms with van der Waals surface area (Å²) in [6.07, 6.45) is -17.1. The van der Waals surface area contributed by atoms with Crippen LogP contribution in [-0.4, -0.2) is 77.1 Å². The Labute approximate surface area is 181 Å². The molecule has 0 saturated carbocycles. The first kappa shape index (κ1) is 32.8. The van der Waals surface area contributed by atoms with Gasteiger partial charge in [-0.2, -0.15) is 78.3 Å². The highest BCUT2D eigenvalue weighted by Gasteiger charge is 2.75. The number of hydrogen-bond donors (Lipinski definition) is 0. The smallest absolute Gasteiger partial charge is 0.267 e. The summed E-state index contributed by atoms with van der Waals surface area (Å²) in [5.41, 5.74) is 0. The average molecular weight is 582 g/mol. The van der Waals surface area contributed by atoms with Gasteiger partial charge in [0.2, 0.25) is 0 Å². The minimum atomic E-state index is -6.92. The Hall–Kier alpha value is -1.16. The molecule has 0 aliphatic carbocycles. The van der Waals surface area contributed by atoms with Crippen molar-refractivity contribution >= 4 is 20.2 Å². The molecule has 0 aromatic rings. The molecule has 0 amide bonds. The van der Waals surface area contributed by atoms with Crippen LogP contribution in [0.15, 0.2) is 0 Å². The molecule has 34 heavy (non-hydrogen) atoms. The highest BCUT2D eigenvalue weighted by Crippen LogP contribution is 2.48. The van der Waals surface area contributed by atoms with E-state index in [0.717, 1.165) is 6.92 Å². The quantitative estimate of drug-likeness (QED) is 0.254. The van der Waals surface area contributed by atoms with Crippen molar-refractivity contribution in [3.05, 3.63) is 0 Å². The van der Waals surface area contributed by atoms with E-state index in [4.69, 9.17) is 0 Å². The zero-order valence-corrected chi connectivity index (χ0v) is 17.6. The summed E-state index contributed by atoms with van der Waals surface area (Å²) in [4.78, 5) is 0. The number of halogens is 14. The van der Waals surface area contributed by atoms with Crippen LogP contribution in [0.3, 0.4) is 0 Å². The van der Waals surface area contributed by atoms with Crippen LogP contribution in [0, 0.1) is 0 Å². The van der Waals surface area contributed by atoms with Crippen LogP contribution in [0.1, 0.15) is 13.3 Å². The second kappa shape index (κ2) is 9.71. The number of alkyl halides is 14. The number of hydrogen-bond acceptors (Lipinski definition) is 6. The molecule has 0 aromatic carbocycles. The van der Waals surface area contributed by atoms with E-state index in [9.17, 15) is 78.3 Å². The molecule has 1 unspecified atom stereocenters. The molecule has 0 aliphatic rings. The molecular weight excluding hydrogens is 570 g/mol. The molecule has 0 aliphatic heterocycles. The fourth-order valence-electron chi connectivity index (χ4n) is 1.72. The van der Waals surface area contributed by atoms with Gasteiger partial charge >= 0.3 is 36.0 Å². The van der Waals surface area contributed by atoms with Crippen LogP contribution in [0.2, 0.25) is 0 Å². The van der Waals surface area contributed by atoms with Crippen LogP contribution in [0.25, 0.3) is 0 Å². The van der Waals surface area contributed by atoms with Gasteiger partial charge in [0, 0.05) is 0 Å². The monoisotopic (exact) mass is 582 g/mol. The second-order valence-electron chi connectivity index (χ2n) is 6.37. The molecule has 0 saturated heterocycles. The molecule has 206 valence electrons. The van der Waals surface area contributed by atoms with Crippen LogP contribution in [-0.2, 0) is 28.6 Å². The van der Waals surface area contributed by atoms with Crippen molar-refractivity contribution in [3.63, 3.8) is 0 Å². The van der Waals surface area contributed by atoms with Gasteiger partial charge in [-0.25, -0.2) is 0 Å². The summed E-state index contributed by atoms with van der Waals surface area (Å²) in [5.74, 6) is -33.0. The summed E-state index contributed by atoms with van der Waals surface area (Å²) in [5, 5.41) is 0. The van der Waals surface area contributed by atoms with Gasteiger partial charge in [0.15, 0.2) is 0 Å². The molecule has 22 heteroatoms. The SMILES string of the molecule is CCC(COS(=O)(=O)CC(F)(F)C(F)(F)C(F)(F)F)OS(=O)(=O)CC(F)(F)C(F)(F)C(F)(F)F. The zero-order chi connectivity index (χ0) is 27.8. The maximum absolute atomic E-state index is 13.2. The molecule has 0 spiro atoms. The van der Waals surface area contributed by atoms with Crippen LogP contribution < -0.4 is 0 Å². The van der Waals surface area contributed by atoms with Crippen molar-refractivity contribution in [2.24, 2.45) is 0 Å². The van der Waals surface area contributed by atoms with Crippen molar-refractivity contribution in [3.8, 4) is 0 Å². The first-order valence-electron chi connectivity index (χ1n) is 7.98. The minimum absolute atomic E-state index is 0.824. The third kappa shape index (κ3) is 7.67. The Kier molecular flexibility index (Phi) is 9.38. The summed E-state index contributed by atoms with van der Waals surface area (Å²) in [6, 6.07) is 0. The molecule has 0 rings (SSSR count). The van der Waals surface area contributed by atoms with E-state index in [1.54, 1.807) is 0 Å². The standard InChI is InChI=1S/C12H12F14O6S2/c1-2-6(32-34(29,30)5-8(15,16)10(19,20)12(24,25)26)3-31-33(27,28)4-7(13,14)9(17,18)11(21,22)23/h6H,2-5H2,1H3. The van der Waals surface area contributed by atoms with Crippen molar-refractivity contribution < 1.29 is 86.7 Å². The Morgan fingerprint density at radius 3 is 1.24 bits per heavy atom. The molecule has 0 radical (unpaired) electrons. The third-order valence-corrected chi connectivity index (χ3v) is 6.01. The highest BCUT2D eigenvalue weighted by atomic mass is 32.2. The van der Waals surface area contributed by atoms with Crippen molar-refractivity contribution in [2.45, 2.75) is 55.5 Å². The van der Waals surface area contributed by atoms with E-state index in [-0.39, 0.29) is 0 Å². The van der Waals surface area contributed by atoms with E-state index in [1.165, 1.54) is 0 Å². The van der Waals surface area contributed by atoms with E-state index in [2.05, 4.69) is 8.37 Å². The number of rotatable bonds is 12. The fraction of sp³-hybridized carbons (Fsp3) is 1.00. The van der Waals surface area contributed by atoms with Crippen molar-refractivity contribution in [1.82, 2.24) is 0 Å². The first-order chi connectivity index (χ1) is 14.6. The predicted octanol–water partition coefficient (Wildman–Crippen LogP) is 4.12. The second-order valence-corrected chi connectivity index (χ2v) is 9.60. The molecule has 0 fully saturated rings. The normalized spacial score (nSPS) is 16.6. The molecule has 0 bridgehead atoms. The molecule has 0 heterocycles. The largest absolute Gasteiger partial charge is 0.459 e. The van der Waals surface area contributed by atoms with Crippen LogP contribution in [0.4, 0.5) is 61.5 Å². The van der Waals surface area contributed by atoms with Crippen molar-refractivity contribution in [2.75, 3.05) is 18.1 Å². The van der Waals surface area contributed by atoms with E-state index >= 15 is 0 Å². The fourth-order valence-corrected chi connectivity index (χ4v) is 4.08. The molecular formula is C12H12F14O6S2. The van der Waals surface area contributed by atoms with Gasteiger partial charge in [-0.1, -0.05) is 6.92 Å². The lowest BCUT2D eigenvalue weighted by molar-refractivity contribution is -0.349. The van der Waals surface area contributed by atoms with E-state index in [1.807, 2.05) is 0 Å². The Bertz CT molecular complexity index is 906. The molecule has 0 N–H and O–H groups in total. The third-order valence-electron chi connectivity index (χ3n) is 3.52. The lowest BCUT2D eigenvalue weighted by atomic mass is 10.2. The highest BCUT2D eigenvalue weighted by molar-refractivity contribution is 7.87. The molecule has 6 nitrogen and oxygen atoms in total. The Morgan fingerprint density at radius 2 is 0.941 bits per heavy atom. The maximum Gasteiger partial charge on any atom is 0.459 e. The maximum atomic E-state index is 13.2. The van der Waals surface area contributed by atoms with Gasteiger partial charge in [0.25, 0.3) is 20.2 Å². The lowest BCUT2D eigenvalue weighted by Crippen LogP contribution is -2.55.